The normalized spacial score (nSPS) is 13.0. The number of benzene rings is 1. The molecule has 0 saturated carbocycles. The third-order valence-electron chi connectivity index (χ3n) is 5.10. The van der Waals surface area contributed by atoms with E-state index >= 15 is 0 Å². The molecule has 0 aliphatic heterocycles. The van der Waals surface area contributed by atoms with E-state index in [1.54, 1.807) is 12.1 Å². The van der Waals surface area contributed by atoms with Gasteiger partial charge < -0.3 is 13.9 Å². The molecule has 0 radical (unpaired) electrons. The first kappa shape index (κ1) is 26.3. The molecule has 0 aromatic heterocycles. The summed E-state index contributed by atoms with van der Waals surface area (Å²) >= 11 is 0. The molecule has 29 heavy (non-hydrogen) atoms. The minimum atomic E-state index is -3.73. The second-order valence-electron chi connectivity index (χ2n) is 8.63. The van der Waals surface area contributed by atoms with Gasteiger partial charge in [0.1, 0.15) is 0 Å². The van der Waals surface area contributed by atoms with Crippen LogP contribution >= 0.6 is 0 Å². The summed E-state index contributed by atoms with van der Waals surface area (Å²) in [5.74, 6) is 0. The van der Waals surface area contributed by atoms with E-state index in [9.17, 15) is 8.42 Å². The lowest BCUT2D eigenvalue weighted by atomic mass is 10.2. The zero-order chi connectivity index (χ0) is 22.0. The molecule has 0 unspecified atom stereocenters. The molecule has 0 heterocycles. The van der Waals surface area contributed by atoms with Gasteiger partial charge in [0, 0.05) is 13.2 Å². The van der Waals surface area contributed by atoms with Crippen LogP contribution in [0, 0.1) is 6.92 Å². The summed E-state index contributed by atoms with van der Waals surface area (Å²) in [6, 6.07) is 6.56. The summed E-state index contributed by atoms with van der Waals surface area (Å²) in [6.07, 6.45) is 1.94. The molecule has 0 spiro atoms. The smallest absolute Gasteiger partial charge is 0.297 e. The molecule has 6 nitrogen and oxygen atoms in total. The maximum atomic E-state index is 12.0. The second kappa shape index (κ2) is 12.2. The van der Waals surface area contributed by atoms with E-state index < -0.39 is 18.4 Å². The summed E-state index contributed by atoms with van der Waals surface area (Å²) in [5, 5.41) is 0.240. The molecule has 8 heteroatoms. The van der Waals surface area contributed by atoms with Gasteiger partial charge in [-0.15, -0.1) is 0 Å². The van der Waals surface area contributed by atoms with Crippen LogP contribution in [-0.4, -0.2) is 56.4 Å². The molecular formula is C21H38O6SSi. The van der Waals surface area contributed by atoms with Crippen LogP contribution in [0.3, 0.4) is 0 Å². The van der Waals surface area contributed by atoms with E-state index in [1.165, 1.54) is 12.1 Å². The van der Waals surface area contributed by atoms with Crippen LogP contribution in [0.1, 0.15) is 39.2 Å². The van der Waals surface area contributed by atoms with Gasteiger partial charge in [0.05, 0.1) is 31.3 Å². The maximum Gasteiger partial charge on any atom is 0.297 e. The van der Waals surface area contributed by atoms with Crippen molar-refractivity contribution in [2.75, 3.05) is 39.6 Å². The zero-order valence-corrected chi connectivity index (χ0v) is 20.6. The third-order valence-corrected chi connectivity index (χ3v) is 11.0. The van der Waals surface area contributed by atoms with Crippen molar-refractivity contribution in [1.82, 2.24) is 0 Å². The Morgan fingerprint density at radius 1 is 0.828 bits per heavy atom. The van der Waals surface area contributed by atoms with E-state index in [-0.39, 0.29) is 23.1 Å². The Balaban J connectivity index is 2.01. The Kier molecular flexibility index (Phi) is 11.0. The van der Waals surface area contributed by atoms with Gasteiger partial charge in [0.2, 0.25) is 0 Å². The van der Waals surface area contributed by atoms with E-state index in [4.69, 9.17) is 18.1 Å². The van der Waals surface area contributed by atoms with E-state index in [1.807, 2.05) is 6.92 Å². The number of aryl methyl sites for hydroxylation is 1. The van der Waals surface area contributed by atoms with Gasteiger partial charge in [-0.25, -0.2) is 0 Å². The maximum absolute atomic E-state index is 12.0. The molecular weight excluding hydrogens is 408 g/mol. The summed E-state index contributed by atoms with van der Waals surface area (Å²) in [7, 11) is -5.38. The first-order valence-electron chi connectivity index (χ1n) is 10.2. The van der Waals surface area contributed by atoms with Crippen molar-refractivity contribution in [2.24, 2.45) is 0 Å². The fourth-order valence-electron chi connectivity index (χ4n) is 2.15. The van der Waals surface area contributed by atoms with Crippen molar-refractivity contribution in [3.05, 3.63) is 29.8 Å². The summed E-state index contributed by atoms with van der Waals surface area (Å²) in [6.45, 7) is 15.7. The van der Waals surface area contributed by atoms with E-state index in [2.05, 4.69) is 33.9 Å². The average Bonchev–Trinajstić information content (AvgIpc) is 2.62. The lowest BCUT2D eigenvalue weighted by molar-refractivity contribution is 0.0353. The van der Waals surface area contributed by atoms with Gasteiger partial charge in [-0.1, -0.05) is 38.5 Å². The van der Waals surface area contributed by atoms with Gasteiger partial charge in [-0.3, -0.25) is 4.18 Å². The van der Waals surface area contributed by atoms with Crippen LogP contribution in [-0.2, 0) is 28.2 Å². The number of unbranched alkanes of at least 4 members (excludes halogenated alkanes) is 1. The number of hydrogen-bond donors (Lipinski definition) is 0. The van der Waals surface area contributed by atoms with Crippen molar-refractivity contribution >= 4 is 18.4 Å². The standard InChI is InChI=1S/C21H38O6SSi/c1-19-9-11-20(12-10-19)28(22,23)26-18-17-25-16-15-24-13-7-8-14-27-29(5,6)21(2,3)4/h9-12H,7-8,13-18H2,1-6H3. The SMILES string of the molecule is Cc1ccc(S(=O)(=O)OCCOCCOCCCCO[Si](C)(C)C(C)(C)C)cc1. The van der Waals surface area contributed by atoms with Crippen molar-refractivity contribution in [1.29, 1.82) is 0 Å². The predicted molar refractivity (Wildman–Crippen MR) is 118 cm³/mol. The largest absolute Gasteiger partial charge is 0.417 e. The van der Waals surface area contributed by atoms with Crippen LogP contribution in [0.15, 0.2) is 29.2 Å². The van der Waals surface area contributed by atoms with Crippen LogP contribution in [0.4, 0.5) is 0 Å². The highest BCUT2D eigenvalue weighted by Crippen LogP contribution is 2.36. The molecule has 0 amide bonds. The number of ether oxygens (including phenoxy) is 2. The fourth-order valence-corrected chi connectivity index (χ4v) is 4.13. The average molecular weight is 447 g/mol. The molecule has 1 aromatic rings. The van der Waals surface area contributed by atoms with Gasteiger partial charge in [0.15, 0.2) is 8.32 Å². The van der Waals surface area contributed by atoms with Gasteiger partial charge >= 0.3 is 0 Å². The van der Waals surface area contributed by atoms with Crippen LogP contribution in [0.5, 0.6) is 0 Å². The Bertz CT molecular complexity index is 680. The number of hydrogen-bond acceptors (Lipinski definition) is 6. The van der Waals surface area contributed by atoms with Crippen LogP contribution in [0.2, 0.25) is 18.1 Å². The zero-order valence-electron chi connectivity index (χ0n) is 18.8. The molecule has 0 atom stereocenters. The highest BCUT2D eigenvalue weighted by molar-refractivity contribution is 7.86. The molecule has 0 bridgehead atoms. The highest BCUT2D eigenvalue weighted by atomic mass is 32.2. The minimum Gasteiger partial charge on any atom is -0.417 e. The lowest BCUT2D eigenvalue weighted by Gasteiger charge is -2.36. The first-order chi connectivity index (χ1) is 13.5. The Morgan fingerprint density at radius 3 is 1.93 bits per heavy atom. The van der Waals surface area contributed by atoms with Crippen molar-refractivity contribution in [3.8, 4) is 0 Å². The van der Waals surface area contributed by atoms with E-state index in [0.717, 1.165) is 25.0 Å². The summed E-state index contributed by atoms with van der Waals surface area (Å²) in [4.78, 5) is 0.156. The third kappa shape index (κ3) is 10.2. The topological polar surface area (TPSA) is 71.1 Å². The molecule has 0 aliphatic carbocycles. The van der Waals surface area contributed by atoms with Crippen LogP contribution < -0.4 is 0 Å². The van der Waals surface area contributed by atoms with Gasteiger partial charge in [-0.2, -0.15) is 8.42 Å². The summed E-state index contributed by atoms with van der Waals surface area (Å²) < 4.78 is 46.0. The summed E-state index contributed by atoms with van der Waals surface area (Å²) in [5.41, 5.74) is 0.996. The Morgan fingerprint density at radius 2 is 1.34 bits per heavy atom. The lowest BCUT2D eigenvalue weighted by Crippen LogP contribution is -2.40. The Hall–Kier alpha value is -0.773. The molecule has 0 aliphatic rings. The van der Waals surface area contributed by atoms with Crippen molar-refractivity contribution in [2.45, 2.75) is 63.6 Å². The fraction of sp³-hybridized carbons (Fsp3) is 0.714. The molecule has 168 valence electrons. The predicted octanol–water partition coefficient (Wildman–Crippen LogP) is 4.54. The van der Waals surface area contributed by atoms with Crippen LogP contribution in [0.25, 0.3) is 0 Å². The molecule has 0 fully saturated rings. The van der Waals surface area contributed by atoms with Crippen molar-refractivity contribution < 1.29 is 26.5 Å². The first-order valence-corrected chi connectivity index (χ1v) is 14.5. The molecule has 1 aromatic carbocycles. The van der Waals surface area contributed by atoms with Gasteiger partial charge in [-0.05, 0) is 50.0 Å². The number of rotatable bonds is 14. The highest BCUT2D eigenvalue weighted by Gasteiger charge is 2.36. The Labute approximate surface area is 178 Å². The quantitative estimate of drug-likeness (QED) is 0.237. The molecule has 0 N–H and O–H groups in total. The van der Waals surface area contributed by atoms with E-state index in [0.29, 0.717) is 19.8 Å². The van der Waals surface area contributed by atoms with Gasteiger partial charge in [0.25, 0.3) is 10.1 Å². The second-order valence-corrected chi connectivity index (χ2v) is 15.1. The molecule has 1 rings (SSSR count). The van der Waals surface area contributed by atoms with Crippen molar-refractivity contribution in [3.63, 3.8) is 0 Å². The monoisotopic (exact) mass is 446 g/mol. The molecule has 0 saturated heterocycles. The minimum absolute atomic E-state index is 0.0129.